The number of allylic oxidation sites excluding steroid dienone is 2. The molecule has 0 saturated heterocycles. The van der Waals surface area contributed by atoms with E-state index in [0.717, 1.165) is 0 Å². The standard InChI is InChI=1S/C12H16Cl4/c13-3-9-7-1-2-8(11(9)5-15)12(6-16)10(7)4-14/h1-2,7-12H,3-6H2/t7?,8?,9-,10-,11-,12+/m1/s1. The number of halogens is 4. The first-order valence-corrected chi connectivity index (χ1v) is 7.84. The molecule has 0 amide bonds. The largest absolute Gasteiger partial charge is 0.126 e. The van der Waals surface area contributed by atoms with Gasteiger partial charge in [-0.1, -0.05) is 12.2 Å². The second-order valence-corrected chi connectivity index (χ2v) is 6.05. The summed E-state index contributed by atoms with van der Waals surface area (Å²) in [5.74, 6) is 5.50. The van der Waals surface area contributed by atoms with Gasteiger partial charge in [0.2, 0.25) is 0 Å². The smallest absolute Gasteiger partial charge is 0.0260 e. The number of alkyl halides is 4. The van der Waals surface area contributed by atoms with E-state index in [0.29, 0.717) is 59.0 Å². The first kappa shape index (κ1) is 13.3. The Morgan fingerprint density at radius 3 is 1.00 bits per heavy atom. The lowest BCUT2D eigenvalue weighted by molar-refractivity contribution is 0.0502. The molecule has 6 atom stereocenters. The van der Waals surface area contributed by atoms with Crippen molar-refractivity contribution in [2.45, 2.75) is 0 Å². The number of hydrogen-bond donors (Lipinski definition) is 0. The van der Waals surface area contributed by atoms with E-state index in [9.17, 15) is 0 Å². The zero-order valence-electron chi connectivity index (χ0n) is 8.96. The van der Waals surface area contributed by atoms with E-state index in [4.69, 9.17) is 46.4 Å². The van der Waals surface area contributed by atoms with Crippen molar-refractivity contribution in [2.75, 3.05) is 23.5 Å². The Balaban J connectivity index is 2.29. The van der Waals surface area contributed by atoms with Gasteiger partial charge in [0, 0.05) is 23.5 Å². The zero-order valence-corrected chi connectivity index (χ0v) is 12.0. The molecule has 0 nitrogen and oxygen atoms in total. The SMILES string of the molecule is ClC[C@@H]1C2C=CC([C@H]1CCl)[C@H](CCl)[C@@H]2CCl. The van der Waals surface area contributed by atoms with Crippen LogP contribution in [-0.2, 0) is 0 Å². The molecular formula is C12H16Cl4. The number of fused-ring (bicyclic) bond motifs is 2. The van der Waals surface area contributed by atoms with Crippen LogP contribution in [0.15, 0.2) is 12.2 Å². The summed E-state index contributed by atoms with van der Waals surface area (Å²) < 4.78 is 0. The molecule has 0 aliphatic heterocycles. The lowest BCUT2D eigenvalue weighted by atomic mass is 9.55. The lowest BCUT2D eigenvalue weighted by Gasteiger charge is -2.52. The first-order chi connectivity index (χ1) is 7.78. The highest BCUT2D eigenvalue weighted by atomic mass is 35.5. The van der Waals surface area contributed by atoms with Crippen molar-refractivity contribution in [1.82, 2.24) is 0 Å². The second-order valence-electron chi connectivity index (χ2n) is 4.81. The summed E-state index contributed by atoms with van der Waals surface area (Å²) in [7, 11) is 0. The van der Waals surface area contributed by atoms with Gasteiger partial charge in [-0.3, -0.25) is 0 Å². The van der Waals surface area contributed by atoms with Crippen LogP contribution >= 0.6 is 46.4 Å². The molecule has 0 N–H and O–H groups in total. The quantitative estimate of drug-likeness (QED) is 0.539. The molecule has 16 heavy (non-hydrogen) atoms. The topological polar surface area (TPSA) is 0 Å². The molecule has 4 heteroatoms. The maximum absolute atomic E-state index is 6.09. The third kappa shape index (κ3) is 2.00. The maximum atomic E-state index is 6.09. The highest BCUT2D eigenvalue weighted by Crippen LogP contribution is 2.52. The Morgan fingerprint density at radius 1 is 0.562 bits per heavy atom. The van der Waals surface area contributed by atoms with Crippen LogP contribution in [0.5, 0.6) is 0 Å². The molecule has 1 fully saturated rings. The Kier molecular flexibility index (Phi) is 4.74. The van der Waals surface area contributed by atoms with Crippen LogP contribution in [0.4, 0.5) is 0 Å². The summed E-state index contributed by atoms with van der Waals surface area (Å²) in [5.41, 5.74) is 0. The van der Waals surface area contributed by atoms with E-state index < -0.39 is 0 Å². The van der Waals surface area contributed by atoms with Crippen LogP contribution in [0.1, 0.15) is 0 Å². The van der Waals surface area contributed by atoms with Gasteiger partial charge in [0.15, 0.2) is 0 Å². The van der Waals surface area contributed by atoms with Crippen LogP contribution < -0.4 is 0 Å². The van der Waals surface area contributed by atoms with Crippen molar-refractivity contribution < 1.29 is 0 Å². The van der Waals surface area contributed by atoms with Gasteiger partial charge < -0.3 is 0 Å². The van der Waals surface area contributed by atoms with Gasteiger partial charge in [-0.05, 0) is 35.5 Å². The van der Waals surface area contributed by atoms with Gasteiger partial charge in [0.05, 0.1) is 0 Å². The average Bonchev–Trinajstić information content (AvgIpc) is 2.36. The van der Waals surface area contributed by atoms with Gasteiger partial charge >= 0.3 is 0 Å². The number of hydrogen-bond acceptors (Lipinski definition) is 0. The van der Waals surface area contributed by atoms with Crippen molar-refractivity contribution in [1.29, 1.82) is 0 Å². The average molecular weight is 302 g/mol. The fraction of sp³-hybridized carbons (Fsp3) is 0.833. The highest BCUT2D eigenvalue weighted by Gasteiger charge is 2.49. The maximum Gasteiger partial charge on any atom is 0.0260 e. The van der Waals surface area contributed by atoms with E-state index in [2.05, 4.69) is 12.2 Å². The van der Waals surface area contributed by atoms with Crippen molar-refractivity contribution in [3.05, 3.63) is 12.2 Å². The molecule has 2 bridgehead atoms. The predicted octanol–water partition coefficient (Wildman–Crippen LogP) is 4.22. The summed E-state index contributed by atoms with van der Waals surface area (Å²) in [5, 5.41) is 0. The van der Waals surface area contributed by atoms with Crippen molar-refractivity contribution in [3.63, 3.8) is 0 Å². The summed E-state index contributed by atoms with van der Waals surface area (Å²) in [6.07, 6.45) is 4.58. The summed E-state index contributed by atoms with van der Waals surface area (Å²) in [4.78, 5) is 0. The number of rotatable bonds is 4. The Bertz CT molecular complexity index is 220. The molecule has 0 aromatic rings. The van der Waals surface area contributed by atoms with Crippen LogP contribution in [0.2, 0.25) is 0 Å². The third-order valence-corrected chi connectivity index (χ3v) is 5.77. The molecule has 0 aromatic heterocycles. The van der Waals surface area contributed by atoms with Gasteiger partial charge in [-0.2, -0.15) is 0 Å². The monoisotopic (exact) mass is 300 g/mol. The van der Waals surface area contributed by atoms with Crippen LogP contribution in [0.25, 0.3) is 0 Å². The van der Waals surface area contributed by atoms with E-state index >= 15 is 0 Å². The molecule has 1 saturated carbocycles. The zero-order chi connectivity index (χ0) is 11.7. The van der Waals surface area contributed by atoms with Gasteiger partial charge in [-0.15, -0.1) is 46.4 Å². The summed E-state index contributed by atoms with van der Waals surface area (Å²) in [6.45, 7) is 0. The van der Waals surface area contributed by atoms with Gasteiger partial charge in [0.25, 0.3) is 0 Å². The summed E-state index contributed by atoms with van der Waals surface area (Å²) in [6, 6.07) is 0. The highest BCUT2D eigenvalue weighted by molar-refractivity contribution is 6.20. The fourth-order valence-corrected chi connectivity index (χ4v) is 5.21. The molecule has 0 radical (unpaired) electrons. The minimum atomic E-state index is 0.465. The fourth-order valence-electron chi connectivity index (χ4n) is 3.47. The summed E-state index contributed by atoms with van der Waals surface area (Å²) >= 11 is 24.4. The molecule has 3 rings (SSSR count). The molecule has 3 aliphatic rings. The molecule has 92 valence electrons. The van der Waals surface area contributed by atoms with Crippen LogP contribution in [0, 0.1) is 35.5 Å². The van der Waals surface area contributed by atoms with E-state index in [1.165, 1.54) is 0 Å². The van der Waals surface area contributed by atoms with Crippen LogP contribution in [0.3, 0.4) is 0 Å². The Hall–Kier alpha value is 0.900. The van der Waals surface area contributed by atoms with E-state index in [-0.39, 0.29) is 0 Å². The van der Waals surface area contributed by atoms with Crippen molar-refractivity contribution in [3.8, 4) is 0 Å². The normalized spacial score (nSPS) is 46.2. The second kappa shape index (κ2) is 5.69. The van der Waals surface area contributed by atoms with Crippen molar-refractivity contribution in [2.24, 2.45) is 35.5 Å². The third-order valence-electron chi connectivity index (χ3n) is 4.35. The minimum absolute atomic E-state index is 0.465. The molecule has 0 spiro atoms. The van der Waals surface area contributed by atoms with Crippen molar-refractivity contribution >= 4 is 46.4 Å². The Morgan fingerprint density at radius 2 is 0.812 bits per heavy atom. The molecular weight excluding hydrogens is 286 g/mol. The molecule has 0 aromatic carbocycles. The van der Waals surface area contributed by atoms with Gasteiger partial charge in [0.1, 0.15) is 0 Å². The molecule has 3 aliphatic carbocycles. The predicted molar refractivity (Wildman–Crippen MR) is 73.0 cm³/mol. The Labute approximate surface area is 117 Å². The minimum Gasteiger partial charge on any atom is -0.126 e. The van der Waals surface area contributed by atoms with E-state index in [1.807, 2.05) is 0 Å². The lowest BCUT2D eigenvalue weighted by Crippen LogP contribution is -2.50. The molecule has 2 unspecified atom stereocenters. The first-order valence-electron chi connectivity index (χ1n) is 5.70. The van der Waals surface area contributed by atoms with E-state index in [1.54, 1.807) is 0 Å². The van der Waals surface area contributed by atoms with Crippen LogP contribution in [-0.4, -0.2) is 23.5 Å². The van der Waals surface area contributed by atoms with Gasteiger partial charge in [-0.25, -0.2) is 0 Å². The molecule has 0 heterocycles.